The van der Waals surface area contributed by atoms with Gasteiger partial charge in [0.1, 0.15) is 0 Å². The first-order valence-corrected chi connectivity index (χ1v) is 10.5. The lowest BCUT2D eigenvalue weighted by atomic mass is 9.93. The minimum atomic E-state index is -0.0237. The van der Waals surface area contributed by atoms with E-state index in [0.29, 0.717) is 12.6 Å². The number of hydrogen-bond acceptors (Lipinski definition) is 4. The first kappa shape index (κ1) is 19.9. The molecule has 6 nitrogen and oxygen atoms in total. The molecule has 0 aliphatic carbocycles. The van der Waals surface area contributed by atoms with E-state index in [1.54, 1.807) is 0 Å². The molecule has 0 spiro atoms. The third-order valence-corrected chi connectivity index (χ3v) is 6.04. The molecule has 0 unspecified atom stereocenters. The number of benzene rings is 1. The number of nitrogens with zero attached hydrogens (tertiary/aromatic N) is 4. The summed E-state index contributed by atoms with van der Waals surface area (Å²) in [6.45, 7) is 10.5. The molecule has 2 aromatic rings. The van der Waals surface area contributed by atoms with Crippen molar-refractivity contribution in [3.63, 3.8) is 0 Å². The standard InChI is InChI=1S/C23H31N5O/c1-23(2)18-27(22(29)25-14-19-8-4-3-5-9-19)17-21-16-26(12-13-28(21)23)15-20-10-6-7-11-24-20/h3-11,21H,12-18H2,1-2H3,(H,25,29)/t21-/m0/s1. The number of carbonyl (C=O) groups is 1. The molecule has 1 N–H and O–H groups in total. The van der Waals surface area contributed by atoms with Crippen molar-refractivity contribution in [3.05, 3.63) is 66.0 Å². The molecule has 2 fully saturated rings. The third-order valence-electron chi connectivity index (χ3n) is 6.04. The number of piperazine rings is 2. The number of aromatic nitrogens is 1. The molecule has 4 rings (SSSR count). The normalized spacial score (nSPS) is 22.1. The molecule has 2 amide bonds. The van der Waals surface area contributed by atoms with Gasteiger partial charge < -0.3 is 10.2 Å². The molecule has 29 heavy (non-hydrogen) atoms. The quantitative estimate of drug-likeness (QED) is 0.868. The zero-order valence-corrected chi connectivity index (χ0v) is 17.4. The first-order chi connectivity index (χ1) is 14.0. The fourth-order valence-electron chi connectivity index (χ4n) is 4.65. The maximum absolute atomic E-state index is 12.9. The minimum absolute atomic E-state index is 0.0237. The van der Waals surface area contributed by atoms with Crippen LogP contribution in [0.3, 0.4) is 0 Å². The van der Waals surface area contributed by atoms with Crippen LogP contribution in [0.4, 0.5) is 4.79 Å². The van der Waals surface area contributed by atoms with Gasteiger partial charge in [0, 0.05) is 63.6 Å². The van der Waals surface area contributed by atoms with Crippen molar-refractivity contribution in [1.29, 1.82) is 0 Å². The van der Waals surface area contributed by atoms with E-state index < -0.39 is 0 Å². The van der Waals surface area contributed by atoms with E-state index in [2.05, 4.69) is 40.0 Å². The molecule has 0 radical (unpaired) electrons. The van der Waals surface area contributed by atoms with E-state index in [0.717, 1.165) is 50.5 Å². The first-order valence-electron chi connectivity index (χ1n) is 10.5. The maximum atomic E-state index is 12.9. The summed E-state index contributed by atoms with van der Waals surface area (Å²) in [6.07, 6.45) is 1.86. The van der Waals surface area contributed by atoms with E-state index in [1.165, 1.54) is 0 Å². The van der Waals surface area contributed by atoms with Crippen LogP contribution < -0.4 is 5.32 Å². The molecule has 1 aromatic carbocycles. The zero-order valence-electron chi connectivity index (χ0n) is 17.4. The molecule has 2 saturated heterocycles. The van der Waals surface area contributed by atoms with Crippen LogP contribution in [0.5, 0.6) is 0 Å². The van der Waals surface area contributed by atoms with Crippen molar-refractivity contribution in [1.82, 2.24) is 25.0 Å². The van der Waals surface area contributed by atoms with Crippen molar-refractivity contribution >= 4 is 6.03 Å². The second-order valence-corrected chi connectivity index (χ2v) is 8.74. The number of pyridine rings is 1. The summed E-state index contributed by atoms with van der Waals surface area (Å²) in [4.78, 5) is 24.4. The van der Waals surface area contributed by atoms with Crippen molar-refractivity contribution in [2.24, 2.45) is 0 Å². The monoisotopic (exact) mass is 393 g/mol. The molecule has 3 heterocycles. The van der Waals surface area contributed by atoms with Gasteiger partial charge in [-0.1, -0.05) is 36.4 Å². The summed E-state index contributed by atoms with van der Waals surface area (Å²) in [5.74, 6) is 0. The summed E-state index contributed by atoms with van der Waals surface area (Å²) in [7, 11) is 0. The van der Waals surface area contributed by atoms with Gasteiger partial charge in [0.05, 0.1) is 5.69 Å². The summed E-state index contributed by atoms with van der Waals surface area (Å²) in [5.41, 5.74) is 2.20. The molecule has 6 heteroatoms. The number of rotatable bonds is 4. The van der Waals surface area contributed by atoms with Gasteiger partial charge in [-0.3, -0.25) is 14.8 Å². The fourth-order valence-corrected chi connectivity index (χ4v) is 4.65. The molecule has 154 valence electrons. The van der Waals surface area contributed by atoms with Gasteiger partial charge in [0.2, 0.25) is 0 Å². The Bertz CT molecular complexity index is 811. The van der Waals surface area contributed by atoms with Crippen LogP contribution in [0.2, 0.25) is 0 Å². The lowest BCUT2D eigenvalue weighted by Gasteiger charge is -2.55. The highest BCUT2D eigenvalue weighted by molar-refractivity contribution is 5.74. The maximum Gasteiger partial charge on any atom is 0.317 e. The molecule has 1 aromatic heterocycles. The van der Waals surface area contributed by atoms with E-state index in [1.807, 2.05) is 53.6 Å². The SMILES string of the molecule is CC1(C)CN(C(=O)NCc2ccccc2)C[C@@H]2CN(Cc3ccccn3)CCN21. The third kappa shape index (κ3) is 4.77. The molecule has 0 saturated carbocycles. The van der Waals surface area contributed by atoms with E-state index >= 15 is 0 Å². The zero-order chi connectivity index (χ0) is 20.3. The van der Waals surface area contributed by atoms with Gasteiger partial charge in [-0.05, 0) is 31.5 Å². The average molecular weight is 394 g/mol. The Morgan fingerprint density at radius 2 is 1.90 bits per heavy atom. The number of hydrogen-bond donors (Lipinski definition) is 1. The van der Waals surface area contributed by atoms with Crippen LogP contribution in [0.25, 0.3) is 0 Å². The Morgan fingerprint density at radius 1 is 1.10 bits per heavy atom. The average Bonchev–Trinajstić information content (AvgIpc) is 2.72. The van der Waals surface area contributed by atoms with Gasteiger partial charge >= 0.3 is 6.03 Å². The predicted octanol–water partition coefficient (Wildman–Crippen LogP) is 2.57. The smallest absolute Gasteiger partial charge is 0.317 e. The van der Waals surface area contributed by atoms with Crippen molar-refractivity contribution in [2.75, 3.05) is 32.7 Å². The van der Waals surface area contributed by atoms with Crippen LogP contribution in [0.1, 0.15) is 25.1 Å². The highest BCUT2D eigenvalue weighted by Gasteiger charge is 2.43. The largest absolute Gasteiger partial charge is 0.334 e. The lowest BCUT2D eigenvalue weighted by molar-refractivity contribution is -0.0543. The second kappa shape index (κ2) is 8.51. The molecule has 2 aliphatic rings. The van der Waals surface area contributed by atoms with Crippen LogP contribution in [0, 0.1) is 0 Å². The Balaban J connectivity index is 1.38. The van der Waals surface area contributed by atoms with Crippen LogP contribution in [0.15, 0.2) is 54.7 Å². The topological polar surface area (TPSA) is 51.7 Å². The second-order valence-electron chi connectivity index (χ2n) is 8.74. The molecule has 2 aliphatic heterocycles. The van der Waals surface area contributed by atoms with Crippen LogP contribution >= 0.6 is 0 Å². The van der Waals surface area contributed by atoms with Gasteiger partial charge in [-0.15, -0.1) is 0 Å². The van der Waals surface area contributed by atoms with Crippen LogP contribution in [-0.2, 0) is 13.1 Å². The number of nitrogens with one attached hydrogen (secondary N) is 1. The van der Waals surface area contributed by atoms with Crippen molar-refractivity contribution < 1.29 is 4.79 Å². The number of carbonyl (C=O) groups excluding carboxylic acids is 1. The molecular weight excluding hydrogens is 362 g/mol. The Kier molecular flexibility index (Phi) is 5.83. The fraction of sp³-hybridized carbons (Fsp3) is 0.478. The highest BCUT2D eigenvalue weighted by atomic mass is 16.2. The Hall–Kier alpha value is -2.44. The van der Waals surface area contributed by atoms with Gasteiger partial charge in [-0.25, -0.2) is 4.79 Å². The summed E-state index contributed by atoms with van der Waals surface area (Å²) in [5, 5.41) is 3.10. The van der Waals surface area contributed by atoms with Crippen LogP contribution in [-0.4, -0.2) is 70.0 Å². The number of amides is 2. The molecular formula is C23H31N5O. The summed E-state index contributed by atoms with van der Waals surface area (Å²) < 4.78 is 0. The van der Waals surface area contributed by atoms with Gasteiger partial charge in [-0.2, -0.15) is 0 Å². The van der Waals surface area contributed by atoms with Crippen molar-refractivity contribution in [3.8, 4) is 0 Å². The summed E-state index contributed by atoms with van der Waals surface area (Å²) in [6, 6.07) is 16.5. The van der Waals surface area contributed by atoms with E-state index in [4.69, 9.17) is 0 Å². The Morgan fingerprint density at radius 3 is 2.66 bits per heavy atom. The lowest BCUT2D eigenvalue weighted by Crippen LogP contribution is -2.70. The number of fused-ring (bicyclic) bond motifs is 1. The number of urea groups is 1. The van der Waals surface area contributed by atoms with Gasteiger partial charge in [0.15, 0.2) is 0 Å². The Labute approximate surface area is 173 Å². The van der Waals surface area contributed by atoms with Crippen molar-refractivity contribution in [2.45, 2.75) is 38.5 Å². The predicted molar refractivity (Wildman–Crippen MR) is 114 cm³/mol. The van der Waals surface area contributed by atoms with E-state index in [9.17, 15) is 4.79 Å². The molecule has 1 atom stereocenters. The minimum Gasteiger partial charge on any atom is -0.334 e. The van der Waals surface area contributed by atoms with E-state index in [-0.39, 0.29) is 11.6 Å². The molecule has 0 bridgehead atoms. The summed E-state index contributed by atoms with van der Waals surface area (Å²) >= 11 is 0. The highest BCUT2D eigenvalue weighted by Crippen LogP contribution is 2.28. The van der Waals surface area contributed by atoms with Gasteiger partial charge in [0.25, 0.3) is 0 Å².